The number of aliphatic hydroxyl groups is 19. The van der Waals surface area contributed by atoms with Gasteiger partial charge in [0.05, 0.1) is 39.6 Å². The number of hydrogen-bond donors (Lipinski definition) is 20. The normalized spacial score (nSPS) is 49.5. The third-order valence-corrected chi connectivity index (χ3v) is 13.8. The van der Waals surface area contributed by atoms with E-state index in [-0.39, 0.29) is 6.61 Å². The van der Waals surface area contributed by atoms with Crippen molar-refractivity contribution < 1.29 is 154 Å². The zero-order valence-electron chi connectivity index (χ0n) is 39.8. The lowest BCUT2D eigenvalue weighted by Crippen LogP contribution is -2.68. The van der Waals surface area contributed by atoms with Gasteiger partial charge in [0.2, 0.25) is 0 Å². The molecule has 13 unspecified atom stereocenters. The second-order valence-electron chi connectivity index (χ2n) is 18.8. The average molecular weight is 1090 g/mol. The molecule has 0 aromatic rings. The zero-order valence-corrected chi connectivity index (χ0v) is 39.8. The Bertz CT molecular complexity index is 1630. The predicted molar refractivity (Wildman–Crippen MR) is 230 cm³/mol. The molecule has 434 valence electrons. The number of hydrogen-bond acceptors (Lipinski definition) is 32. The molecule has 6 rings (SSSR count). The molecule has 74 heavy (non-hydrogen) atoms. The minimum atomic E-state index is -2.17. The summed E-state index contributed by atoms with van der Waals surface area (Å²) in [7, 11) is 0. The third kappa shape index (κ3) is 13.6. The minimum Gasteiger partial charge on any atom is -0.394 e. The summed E-state index contributed by atoms with van der Waals surface area (Å²) in [5, 5.41) is 202. The van der Waals surface area contributed by atoms with Crippen LogP contribution in [-0.2, 0) is 56.8 Å². The fraction of sp³-hybridized carbons (Fsp3) is 1.00. The molecule has 0 saturated carbocycles. The highest BCUT2D eigenvalue weighted by atomic mass is 16.8. The van der Waals surface area contributed by atoms with Gasteiger partial charge in [-0.05, 0) is 19.4 Å². The molecule has 0 spiro atoms. The first-order chi connectivity index (χ1) is 35.3. The van der Waals surface area contributed by atoms with Crippen LogP contribution < -0.4 is 5.73 Å². The molecular formula is C42H75NO31. The topological polar surface area (TPSA) is 521 Å². The average Bonchev–Trinajstić information content (AvgIpc) is 3.39. The number of aliphatic hydroxyl groups excluding tert-OH is 19. The van der Waals surface area contributed by atoms with Crippen LogP contribution in [0.3, 0.4) is 0 Å². The molecule has 6 saturated heterocycles. The first-order valence-electron chi connectivity index (χ1n) is 24.3. The molecule has 0 aromatic carbocycles. The largest absolute Gasteiger partial charge is 0.394 e. The lowest BCUT2D eigenvalue weighted by atomic mass is 9.95. The molecule has 0 bridgehead atoms. The van der Waals surface area contributed by atoms with E-state index in [4.69, 9.17) is 62.6 Å². The van der Waals surface area contributed by atoms with Crippen molar-refractivity contribution in [2.75, 3.05) is 52.8 Å². The van der Waals surface area contributed by atoms with E-state index >= 15 is 0 Å². The molecule has 30 atom stereocenters. The van der Waals surface area contributed by atoms with E-state index in [0.29, 0.717) is 13.0 Å². The molecule has 0 aliphatic carbocycles. The van der Waals surface area contributed by atoms with Crippen molar-refractivity contribution in [3.8, 4) is 0 Å². The van der Waals surface area contributed by atoms with Crippen LogP contribution >= 0.6 is 0 Å². The van der Waals surface area contributed by atoms with Crippen LogP contribution in [0.4, 0.5) is 0 Å². The summed E-state index contributed by atoms with van der Waals surface area (Å²) in [6.07, 6.45) is -52.3. The van der Waals surface area contributed by atoms with E-state index in [0.717, 1.165) is 19.3 Å². The molecule has 21 N–H and O–H groups in total. The predicted octanol–water partition coefficient (Wildman–Crippen LogP) is -12.6. The van der Waals surface area contributed by atoms with E-state index in [1.54, 1.807) is 0 Å². The Kier molecular flexibility index (Phi) is 23.6. The molecule has 6 fully saturated rings. The van der Waals surface area contributed by atoms with Crippen molar-refractivity contribution in [1.29, 1.82) is 0 Å². The van der Waals surface area contributed by atoms with Gasteiger partial charge >= 0.3 is 0 Å². The van der Waals surface area contributed by atoms with E-state index < -0.39 is 224 Å². The zero-order chi connectivity index (χ0) is 54.3. The van der Waals surface area contributed by atoms with Crippen molar-refractivity contribution in [2.45, 2.75) is 210 Å². The van der Waals surface area contributed by atoms with Gasteiger partial charge in [0.25, 0.3) is 0 Å². The van der Waals surface area contributed by atoms with Crippen molar-refractivity contribution in [2.24, 2.45) is 5.73 Å². The second kappa shape index (κ2) is 28.2. The van der Waals surface area contributed by atoms with Crippen molar-refractivity contribution in [1.82, 2.24) is 0 Å². The van der Waals surface area contributed by atoms with Crippen molar-refractivity contribution in [3.63, 3.8) is 0 Å². The number of nitrogens with two attached hydrogens (primary N) is 1. The third-order valence-electron chi connectivity index (χ3n) is 13.8. The van der Waals surface area contributed by atoms with E-state index in [1.165, 1.54) is 0 Å². The maximum absolute atomic E-state index is 11.3. The standard InChI is InChI=1S/C42H75NO31/c43-5-3-1-2-4-6-63-37-27(58)21(52)32(14(8-45)65-37)71-39-29(60)23(54)34(16(10-47)67-39)73-41-31(62)25(56)36(18(12-49)69-41)74-42-30(61)24(55)35(17(11-48)68-42)72-40-28(59)22(53)33(15(9-46)66-40)70-38-26(57)20(51)19(50)13(7-44)64-38/h13-42,44-62H,1-12,43H2/t13?,14?,15?,16?,17?,18?,19-,20?,21-,22-,23-,24?,25?,26?,27?,28?,29?,30+,31+,32+,33+,34-,35-,36-,37+,38-,39-,40-,41+,42+/m1/s1. The SMILES string of the molecule is NCCCCCCO[C@H]1OC(CO)[C@H](O[C@H]2OC(CO)[C@@H](O[C@@H]3OC(CO)[C@@H](O[C@@H]4OC(CO)[C@@H](O[C@H]5OC(CO)[C@H](O[C@H]6OC(CO)[C@@H](O)C(O)C6O)[C@H](O)C5O)C(O)[C@@H]4O)C(O)[C@@H]3O)[C@H](O)C2O)[C@H](O)C1O. The Hall–Kier alpha value is -1.28. The van der Waals surface area contributed by atoms with Gasteiger partial charge in [-0.25, -0.2) is 0 Å². The highest BCUT2D eigenvalue weighted by Gasteiger charge is 2.57. The number of ether oxygens (including phenoxy) is 12. The maximum atomic E-state index is 11.3. The van der Waals surface area contributed by atoms with Gasteiger partial charge in [-0.15, -0.1) is 0 Å². The summed E-state index contributed by atoms with van der Waals surface area (Å²) >= 11 is 0. The summed E-state index contributed by atoms with van der Waals surface area (Å²) in [6.45, 7) is -4.89. The fourth-order valence-corrected chi connectivity index (χ4v) is 9.44. The summed E-state index contributed by atoms with van der Waals surface area (Å²) in [6, 6.07) is 0. The van der Waals surface area contributed by atoms with Crippen molar-refractivity contribution >= 4 is 0 Å². The molecule has 0 radical (unpaired) electrons. The Labute approximate surface area is 421 Å². The maximum Gasteiger partial charge on any atom is 0.187 e. The monoisotopic (exact) mass is 1090 g/mol. The van der Waals surface area contributed by atoms with Crippen LogP contribution in [0.2, 0.25) is 0 Å². The second-order valence-corrected chi connectivity index (χ2v) is 18.8. The molecule has 32 nitrogen and oxygen atoms in total. The molecule has 6 aliphatic rings. The smallest absolute Gasteiger partial charge is 0.187 e. The van der Waals surface area contributed by atoms with E-state index in [9.17, 15) is 97.0 Å². The first-order valence-corrected chi connectivity index (χ1v) is 24.3. The lowest BCUT2D eigenvalue weighted by Gasteiger charge is -2.50. The van der Waals surface area contributed by atoms with Gasteiger partial charge < -0.3 is 160 Å². The summed E-state index contributed by atoms with van der Waals surface area (Å²) in [5.74, 6) is 0. The Morgan fingerprint density at radius 1 is 0.270 bits per heavy atom. The number of rotatable bonds is 23. The highest BCUT2D eigenvalue weighted by molar-refractivity contribution is 5.00. The van der Waals surface area contributed by atoms with Gasteiger partial charge in [0.15, 0.2) is 37.7 Å². The first kappa shape index (κ1) is 61.9. The summed E-state index contributed by atoms with van der Waals surface area (Å²) in [4.78, 5) is 0. The molecule has 6 heterocycles. The molecular weight excluding hydrogens is 1010 g/mol. The Balaban J connectivity index is 1.04. The Morgan fingerprint density at radius 3 is 0.797 bits per heavy atom. The van der Waals surface area contributed by atoms with E-state index in [2.05, 4.69) is 0 Å². The fourth-order valence-electron chi connectivity index (χ4n) is 9.44. The lowest BCUT2D eigenvalue weighted by molar-refractivity contribution is -0.396. The van der Waals surface area contributed by atoms with Crippen LogP contribution in [0.15, 0.2) is 0 Å². The Morgan fingerprint density at radius 2 is 0.514 bits per heavy atom. The van der Waals surface area contributed by atoms with Crippen LogP contribution in [0, 0.1) is 0 Å². The van der Waals surface area contributed by atoms with Crippen LogP contribution in [-0.4, -0.2) is 334 Å². The molecule has 0 aromatic heterocycles. The minimum absolute atomic E-state index is 0.141. The van der Waals surface area contributed by atoms with E-state index in [1.807, 2.05) is 0 Å². The van der Waals surface area contributed by atoms with Gasteiger partial charge in [-0.2, -0.15) is 0 Å². The van der Waals surface area contributed by atoms with Crippen LogP contribution in [0.25, 0.3) is 0 Å². The summed E-state index contributed by atoms with van der Waals surface area (Å²) < 4.78 is 67.3. The van der Waals surface area contributed by atoms with Gasteiger partial charge in [0.1, 0.15) is 146 Å². The summed E-state index contributed by atoms with van der Waals surface area (Å²) in [5.41, 5.74) is 5.50. The van der Waals surface area contributed by atoms with Crippen LogP contribution in [0.5, 0.6) is 0 Å². The molecule has 6 aliphatic heterocycles. The van der Waals surface area contributed by atoms with Gasteiger partial charge in [0, 0.05) is 6.61 Å². The van der Waals surface area contributed by atoms with Gasteiger partial charge in [-0.1, -0.05) is 12.8 Å². The quantitative estimate of drug-likeness (QED) is 0.0423. The molecule has 32 heteroatoms. The van der Waals surface area contributed by atoms with Crippen LogP contribution in [0.1, 0.15) is 25.7 Å². The molecule has 0 amide bonds. The van der Waals surface area contributed by atoms with Crippen molar-refractivity contribution in [3.05, 3.63) is 0 Å². The number of unbranched alkanes of at least 4 members (excludes halogenated alkanes) is 3. The highest BCUT2D eigenvalue weighted by Crippen LogP contribution is 2.37. The van der Waals surface area contributed by atoms with Gasteiger partial charge in [-0.3, -0.25) is 0 Å².